The number of carbonyl (C=O) groups excluding carboxylic acids is 1. The van der Waals surface area contributed by atoms with Crippen molar-refractivity contribution in [2.24, 2.45) is 0 Å². The van der Waals surface area contributed by atoms with E-state index in [9.17, 15) is 13.6 Å². The minimum Gasteiger partial charge on any atom is -0.253 e. The van der Waals surface area contributed by atoms with E-state index >= 15 is 0 Å². The molecule has 1 aromatic carbocycles. The zero-order valence-electron chi connectivity index (χ0n) is 10.4. The first-order valence-electron chi connectivity index (χ1n) is 5.29. The summed E-state index contributed by atoms with van der Waals surface area (Å²) in [5.74, 6) is -0.668. The van der Waals surface area contributed by atoms with Crippen molar-refractivity contribution in [3.05, 3.63) is 35.3 Å². The van der Waals surface area contributed by atoms with Crippen LogP contribution in [0.15, 0.2) is 35.3 Å². The largest absolute Gasteiger partial charge is 0.253 e. The van der Waals surface area contributed by atoms with Gasteiger partial charge < -0.3 is 0 Å². The first-order chi connectivity index (χ1) is 9.30. The number of amides is 1. The Labute approximate surface area is 121 Å². The van der Waals surface area contributed by atoms with E-state index in [0.717, 1.165) is 18.2 Å². The summed E-state index contributed by atoms with van der Waals surface area (Å²) in [5.41, 5.74) is 1.78. The molecule has 0 bridgehead atoms. The van der Waals surface area contributed by atoms with Crippen molar-refractivity contribution in [1.29, 1.82) is 0 Å². The van der Waals surface area contributed by atoms with Gasteiger partial charge in [-0.15, -0.1) is 11.3 Å². The molecule has 1 amide bonds. The summed E-state index contributed by atoms with van der Waals surface area (Å²) in [6, 6.07) is 3.32. The van der Waals surface area contributed by atoms with Crippen molar-refractivity contribution >= 4 is 41.5 Å². The van der Waals surface area contributed by atoms with Gasteiger partial charge in [0.05, 0.1) is 5.51 Å². The molecule has 2 rings (SSSR count). The zero-order valence-corrected chi connectivity index (χ0v) is 13.1. The molecule has 0 aliphatic rings. The van der Waals surface area contributed by atoms with Gasteiger partial charge in [0.2, 0.25) is 0 Å². The Kier molecular flexibility index (Phi) is 5.97. The molecule has 108 valence electrons. The fourth-order valence-corrected chi connectivity index (χ4v) is 2.71. The van der Waals surface area contributed by atoms with E-state index in [1.807, 2.05) is 5.38 Å². The second-order valence-electron chi connectivity index (χ2n) is 3.60. The summed E-state index contributed by atoms with van der Waals surface area (Å²) in [6.07, 6.45) is 1.77. The van der Waals surface area contributed by atoms with Gasteiger partial charge in [-0.2, -0.15) is 0 Å². The maximum absolute atomic E-state index is 10.9. The second kappa shape index (κ2) is 7.25. The van der Waals surface area contributed by atoms with Crippen LogP contribution in [0.3, 0.4) is 0 Å². The smallest absolute Gasteiger partial charge is 0.0791 e. The molecule has 7 nitrogen and oxygen atoms in total. The van der Waals surface area contributed by atoms with E-state index in [0.29, 0.717) is 0 Å². The van der Waals surface area contributed by atoms with Gasteiger partial charge in [0.1, 0.15) is 0 Å². The van der Waals surface area contributed by atoms with E-state index in [1.165, 1.54) is 6.92 Å². The number of aromatic nitrogens is 1. The number of thiazole rings is 1. The van der Waals surface area contributed by atoms with Crippen LogP contribution in [0.2, 0.25) is 0 Å². The third kappa shape index (κ3) is 5.58. The minimum atomic E-state index is -4.98. The van der Waals surface area contributed by atoms with Crippen molar-refractivity contribution in [1.82, 2.24) is 4.98 Å². The number of nitrogens with zero attached hydrogens (tertiary/aromatic N) is 1. The maximum Gasteiger partial charge on any atom is 0.0791 e. The van der Waals surface area contributed by atoms with E-state index in [-0.39, 0.29) is 15.8 Å². The Morgan fingerprint density at radius 2 is 2.10 bits per heavy atom. The van der Waals surface area contributed by atoms with Crippen LogP contribution in [0, 0.1) is 0 Å². The number of nitrogens with one attached hydrogen (secondary N) is 1. The molecule has 0 aliphatic heterocycles. The number of phenolic OH excluding ortho intramolecular Hbond substituents is 1. The van der Waals surface area contributed by atoms with Crippen molar-refractivity contribution in [2.45, 2.75) is 6.92 Å². The van der Waals surface area contributed by atoms with Gasteiger partial charge >= 0.3 is 88.1 Å². The second-order valence-corrected chi connectivity index (χ2v) is 7.72. The van der Waals surface area contributed by atoms with Gasteiger partial charge in [-0.1, -0.05) is 0 Å². The molecule has 0 spiro atoms. The number of benzene rings is 1. The van der Waals surface area contributed by atoms with Crippen LogP contribution in [0.25, 0.3) is 0 Å². The molecule has 1 aromatic heterocycles. The average Bonchev–Trinajstić information content (AvgIpc) is 2.88. The fourth-order valence-electron chi connectivity index (χ4n) is 1.17. The Morgan fingerprint density at radius 3 is 2.50 bits per heavy atom. The van der Waals surface area contributed by atoms with Crippen molar-refractivity contribution in [3.8, 4) is 5.75 Å². The van der Waals surface area contributed by atoms with Gasteiger partial charge in [-0.25, -0.2) is 0 Å². The third-order valence-electron chi connectivity index (χ3n) is 1.97. The number of anilines is 1. The molecular formula is C11H13AsN2O5S. The Balaban J connectivity index is 0.000000333. The molecule has 0 fully saturated rings. The molecule has 0 atom stereocenters. The van der Waals surface area contributed by atoms with Crippen LogP contribution in [0.5, 0.6) is 5.75 Å². The summed E-state index contributed by atoms with van der Waals surface area (Å²) in [5, 5.41) is 13.5. The van der Waals surface area contributed by atoms with Gasteiger partial charge in [0, 0.05) is 11.6 Å². The van der Waals surface area contributed by atoms with Crippen LogP contribution in [-0.4, -0.2) is 38.4 Å². The topological polar surface area (TPSA) is 120 Å². The normalized spacial score (nSPS) is 10.3. The maximum atomic E-state index is 10.9. The number of hydrogen-bond donors (Lipinski definition) is 4. The number of carbonyl (C=O) groups is 1. The number of aromatic hydroxyl groups is 1. The van der Waals surface area contributed by atoms with Crippen LogP contribution < -0.4 is 9.67 Å². The van der Waals surface area contributed by atoms with Crippen molar-refractivity contribution in [3.63, 3.8) is 0 Å². The number of hydrogen-bond acceptors (Lipinski definition) is 5. The molecule has 0 unspecified atom stereocenters. The molecule has 0 radical (unpaired) electrons. The quantitative estimate of drug-likeness (QED) is 0.444. The molecule has 4 N–H and O–H groups in total. The monoisotopic (exact) mass is 360 g/mol. The van der Waals surface area contributed by atoms with Crippen LogP contribution in [-0.2, 0) is 8.53 Å². The molecule has 0 saturated heterocycles. The molecule has 0 aliphatic carbocycles. The van der Waals surface area contributed by atoms with Gasteiger partial charge in [-0.3, -0.25) is 4.98 Å². The minimum absolute atomic E-state index is 0.00951. The van der Waals surface area contributed by atoms with E-state index in [2.05, 4.69) is 10.3 Å². The Bertz CT molecular complexity index is 594. The average molecular weight is 360 g/mol. The number of rotatable bonds is 2. The molecule has 20 heavy (non-hydrogen) atoms. The zero-order chi connectivity index (χ0) is 15.2. The molecule has 0 saturated carbocycles. The Morgan fingerprint density at radius 1 is 1.40 bits per heavy atom. The van der Waals surface area contributed by atoms with Crippen molar-refractivity contribution in [2.75, 3.05) is 5.32 Å². The third-order valence-corrected chi connectivity index (χ3v) is 4.49. The van der Waals surface area contributed by atoms with E-state index in [4.69, 9.17) is 8.19 Å². The summed E-state index contributed by atoms with van der Waals surface area (Å²) >= 11 is -3.38. The van der Waals surface area contributed by atoms with Crippen LogP contribution in [0.1, 0.15) is 6.92 Å². The van der Waals surface area contributed by atoms with Crippen LogP contribution in [0.4, 0.5) is 5.69 Å². The number of phenols is 1. The standard InChI is InChI=1S/C8H10AsNO5.C3H3NS/c1-5(11)10-7-4-6(9(13,14)15)2-3-8(7)12;1-2-5-3-4-1/h2-4,12H,1H3,(H,10,11)(H2,13,14,15);1-3H. The summed E-state index contributed by atoms with van der Waals surface area (Å²) < 4.78 is 28.6. The van der Waals surface area contributed by atoms with Gasteiger partial charge in [0.15, 0.2) is 0 Å². The first-order valence-corrected chi connectivity index (χ1v) is 9.62. The molecular weight excluding hydrogens is 347 g/mol. The Hall–Kier alpha value is -1.60. The van der Waals surface area contributed by atoms with Crippen LogP contribution >= 0.6 is 11.3 Å². The molecule has 1 heterocycles. The SMILES string of the molecule is CC(=O)Nc1cc([As](=O)(O)O)ccc1O.c1cscn1. The van der Waals surface area contributed by atoms with Gasteiger partial charge in [-0.05, 0) is 0 Å². The van der Waals surface area contributed by atoms with Crippen molar-refractivity contribution < 1.29 is 21.8 Å². The predicted molar refractivity (Wildman–Crippen MR) is 75.0 cm³/mol. The fraction of sp³-hybridized carbons (Fsp3) is 0.0909. The van der Waals surface area contributed by atoms with E-state index < -0.39 is 20.1 Å². The predicted octanol–water partition coefficient (Wildman–Crippen LogP) is 0.0547. The molecule has 9 heteroatoms. The van der Waals surface area contributed by atoms with E-state index in [1.54, 1.807) is 23.0 Å². The summed E-state index contributed by atoms with van der Waals surface area (Å²) in [6.45, 7) is 1.23. The summed E-state index contributed by atoms with van der Waals surface area (Å²) in [7, 11) is 0. The first kappa shape index (κ1) is 16.5. The van der Waals surface area contributed by atoms with Gasteiger partial charge in [0.25, 0.3) is 0 Å². The summed E-state index contributed by atoms with van der Waals surface area (Å²) in [4.78, 5) is 14.5. The molecule has 2 aromatic rings.